The van der Waals surface area contributed by atoms with E-state index in [9.17, 15) is 9.90 Å². The number of aromatic nitrogens is 4. The van der Waals surface area contributed by atoms with Gasteiger partial charge in [-0.25, -0.2) is 14.8 Å². The van der Waals surface area contributed by atoms with Gasteiger partial charge in [-0.05, 0) is 31.4 Å². The van der Waals surface area contributed by atoms with Crippen molar-refractivity contribution in [3.8, 4) is 0 Å². The van der Waals surface area contributed by atoms with E-state index in [0.717, 1.165) is 23.3 Å². The van der Waals surface area contributed by atoms with Gasteiger partial charge in [-0.1, -0.05) is 12.1 Å². The molecule has 1 N–H and O–H groups in total. The number of carboxylic acid groups (broad SMARTS) is 1. The van der Waals surface area contributed by atoms with Crippen LogP contribution in [0.25, 0.3) is 11.0 Å². The first-order valence-corrected chi connectivity index (χ1v) is 7.75. The SMILES string of the molecule is Cn1ccnc1C1CCC(C(=O)O)(n2cnc3ccccc32)C1. The van der Waals surface area contributed by atoms with Gasteiger partial charge in [0.1, 0.15) is 11.4 Å². The second kappa shape index (κ2) is 4.94. The second-order valence-corrected chi connectivity index (χ2v) is 6.28. The molecule has 0 bridgehead atoms. The smallest absolute Gasteiger partial charge is 0.329 e. The molecule has 1 fully saturated rings. The summed E-state index contributed by atoms with van der Waals surface area (Å²) in [6, 6.07) is 7.67. The van der Waals surface area contributed by atoms with Crippen molar-refractivity contribution in [3.63, 3.8) is 0 Å². The van der Waals surface area contributed by atoms with Gasteiger partial charge in [0.05, 0.1) is 17.4 Å². The quantitative estimate of drug-likeness (QED) is 0.807. The van der Waals surface area contributed by atoms with Crippen LogP contribution in [0, 0.1) is 0 Å². The summed E-state index contributed by atoms with van der Waals surface area (Å²) >= 11 is 0. The van der Waals surface area contributed by atoms with E-state index in [1.54, 1.807) is 12.5 Å². The first-order chi connectivity index (χ1) is 11.1. The molecule has 4 rings (SSSR count). The Balaban J connectivity index is 1.80. The van der Waals surface area contributed by atoms with Gasteiger partial charge in [-0.3, -0.25) is 0 Å². The third-order valence-electron chi connectivity index (χ3n) is 5.03. The van der Waals surface area contributed by atoms with Gasteiger partial charge in [0.15, 0.2) is 0 Å². The lowest BCUT2D eigenvalue weighted by atomic mass is 9.95. The maximum absolute atomic E-state index is 12.2. The van der Waals surface area contributed by atoms with E-state index in [2.05, 4.69) is 9.97 Å². The van der Waals surface area contributed by atoms with Crippen LogP contribution in [0.3, 0.4) is 0 Å². The number of benzene rings is 1. The van der Waals surface area contributed by atoms with Crippen LogP contribution in [-0.2, 0) is 17.4 Å². The topological polar surface area (TPSA) is 72.9 Å². The predicted molar refractivity (Wildman–Crippen MR) is 85.1 cm³/mol. The molecule has 2 aromatic heterocycles. The van der Waals surface area contributed by atoms with Gasteiger partial charge in [0.2, 0.25) is 0 Å². The van der Waals surface area contributed by atoms with Gasteiger partial charge in [0.25, 0.3) is 0 Å². The molecule has 1 saturated carbocycles. The zero-order valence-electron chi connectivity index (χ0n) is 12.9. The van der Waals surface area contributed by atoms with E-state index in [4.69, 9.17) is 0 Å². The number of para-hydroxylation sites is 2. The van der Waals surface area contributed by atoms with Crippen molar-refractivity contribution in [3.05, 3.63) is 48.8 Å². The largest absolute Gasteiger partial charge is 0.479 e. The lowest BCUT2D eigenvalue weighted by Gasteiger charge is -2.27. The van der Waals surface area contributed by atoms with Crippen molar-refractivity contribution in [1.29, 1.82) is 0 Å². The van der Waals surface area contributed by atoms with E-state index in [0.29, 0.717) is 12.8 Å². The summed E-state index contributed by atoms with van der Waals surface area (Å²) in [5, 5.41) is 10.0. The molecule has 6 heteroatoms. The van der Waals surface area contributed by atoms with Crippen molar-refractivity contribution in [1.82, 2.24) is 19.1 Å². The number of hydrogen-bond donors (Lipinski definition) is 1. The molecular weight excluding hydrogens is 292 g/mol. The van der Waals surface area contributed by atoms with Crippen LogP contribution in [0.15, 0.2) is 43.0 Å². The van der Waals surface area contributed by atoms with Crippen LogP contribution >= 0.6 is 0 Å². The van der Waals surface area contributed by atoms with Crippen LogP contribution in [0.4, 0.5) is 0 Å². The molecule has 0 spiro atoms. The molecular formula is C17H18N4O2. The molecule has 2 atom stereocenters. The van der Waals surface area contributed by atoms with Gasteiger partial charge >= 0.3 is 5.97 Å². The zero-order valence-corrected chi connectivity index (χ0v) is 12.9. The van der Waals surface area contributed by atoms with E-state index in [1.807, 2.05) is 46.6 Å². The van der Waals surface area contributed by atoms with Crippen molar-refractivity contribution < 1.29 is 9.90 Å². The molecule has 0 radical (unpaired) electrons. The lowest BCUT2D eigenvalue weighted by molar-refractivity contribution is -0.147. The Hall–Kier alpha value is -2.63. The fraction of sp³-hybridized carbons (Fsp3) is 0.353. The van der Waals surface area contributed by atoms with Crippen LogP contribution in [0.5, 0.6) is 0 Å². The number of carbonyl (C=O) groups is 1. The van der Waals surface area contributed by atoms with Gasteiger partial charge < -0.3 is 14.2 Å². The molecule has 1 aliphatic rings. The summed E-state index contributed by atoms with van der Waals surface area (Å²) in [6.45, 7) is 0. The minimum atomic E-state index is -0.952. The van der Waals surface area contributed by atoms with Gasteiger partial charge in [-0.15, -0.1) is 0 Å². The molecule has 23 heavy (non-hydrogen) atoms. The molecule has 6 nitrogen and oxygen atoms in total. The first-order valence-electron chi connectivity index (χ1n) is 7.75. The van der Waals surface area contributed by atoms with Crippen molar-refractivity contribution in [2.24, 2.45) is 7.05 Å². The van der Waals surface area contributed by atoms with E-state index in [1.165, 1.54) is 0 Å². The molecule has 3 aromatic rings. The standard InChI is InChI=1S/C17H18N4O2/c1-20-9-8-18-15(20)12-6-7-17(10-12,16(22)23)21-11-19-13-4-2-3-5-14(13)21/h2-5,8-9,11-12H,6-7,10H2,1H3,(H,22,23). The highest BCUT2D eigenvalue weighted by Gasteiger charge is 2.49. The van der Waals surface area contributed by atoms with Crippen molar-refractivity contribution >= 4 is 17.0 Å². The zero-order chi connectivity index (χ0) is 16.0. The number of aryl methyl sites for hydroxylation is 1. The fourth-order valence-electron chi connectivity index (χ4n) is 3.83. The van der Waals surface area contributed by atoms with Crippen LogP contribution in [0.1, 0.15) is 31.0 Å². The molecule has 0 saturated heterocycles. The number of aliphatic carboxylic acids is 1. The number of nitrogens with zero attached hydrogens (tertiary/aromatic N) is 4. The summed E-state index contributed by atoms with van der Waals surface area (Å²) in [5.74, 6) is 0.308. The summed E-state index contributed by atoms with van der Waals surface area (Å²) in [6.07, 6.45) is 7.27. The second-order valence-electron chi connectivity index (χ2n) is 6.28. The number of rotatable bonds is 3. The Morgan fingerprint density at radius 2 is 2.17 bits per heavy atom. The molecule has 0 amide bonds. The van der Waals surface area contributed by atoms with Crippen molar-refractivity contribution in [2.45, 2.75) is 30.7 Å². The third-order valence-corrected chi connectivity index (χ3v) is 5.03. The Morgan fingerprint density at radius 3 is 2.91 bits per heavy atom. The van der Waals surface area contributed by atoms with Gasteiger partial charge in [-0.2, -0.15) is 0 Å². The maximum Gasteiger partial charge on any atom is 0.329 e. The number of carboxylic acids is 1. The average molecular weight is 310 g/mol. The van der Waals surface area contributed by atoms with E-state index < -0.39 is 11.5 Å². The normalized spacial score (nSPS) is 24.3. The Labute approximate surface area is 133 Å². The van der Waals surface area contributed by atoms with E-state index >= 15 is 0 Å². The van der Waals surface area contributed by atoms with Crippen molar-refractivity contribution in [2.75, 3.05) is 0 Å². The molecule has 1 aromatic carbocycles. The number of imidazole rings is 2. The third kappa shape index (κ3) is 1.98. The van der Waals surface area contributed by atoms with E-state index in [-0.39, 0.29) is 5.92 Å². The lowest BCUT2D eigenvalue weighted by Crippen LogP contribution is -2.39. The highest BCUT2D eigenvalue weighted by Crippen LogP contribution is 2.46. The Bertz CT molecular complexity index is 881. The maximum atomic E-state index is 12.2. The minimum Gasteiger partial charge on any atom is -0.479 e. The summed E-state index contributed by atoms with van der Waals surface area (Å²) < 4.78 is 3.82. The molecule has 1 aliphatic carbocycles. The number of fused-ring (bicyclic) bond motifs is 1. The Kier molecular flexibility index (Phi) is 3.01. The highest BCUT2D eigenvalue weighted by molar-refractivity contribution is 5.83. The van der Waals surface area contributed by atoms with Crippen LogP contribution in [0.2, 0.25) is 0 Å². The molecule has 0 aliphatic heterocycles. The molecule has 118 valence electrons. The summed E-state index contributed by atoms with van der Waals surface area (Å²) in [4.78, 5) is 21.0. The molecule has 2 unspecified atom stereocenters. The Morgan fingerprint density at radius 1 is 1.35 bits per heavy atom. The minimum absolute atomic E-state index is 0.146. The van der Waals surface area contributed by atoms with Gasteiger partial charge in [0, 0.05) is 25.4 Å². The van der Waals surface area contributed by atoms with Crippen LogP contribution in [-0.4, -0.2) is 30.2 Å². The highest BCUT2D eigenvalue weighted by atomic mass is 16.4. The summed E-state index contributed by atoms with van der Waals surface area (Å²) in [5.41, 5.74) is 0.746. The fourth-order valence-corrected chi connectivity index (χ4v) is 3.83. The monoisotopic (exact) mass is 310 g/mol. The predicted octanol–water partition coefficient (Wildman–Crippen LogP) is 2.52. The summed E-state index contributed by atoms with van der Waals surface area (Å²) in [7, 11) is 1.95. The number of hydrogen-bond acceptors (Lipinski definition) is 3. The first kappa shape index (κ1) is 14.0. The van der Waals surface area contributed by atoms with Crippen LogP contribution < -0.4 is 0 Å². The average Bonchev–Trinajstić information content (AvgIpc) is 3.24. The molecule has 2 heterocycles.